The molecule has 1 heterocycles. The lowest BCUT2D eigenvalue weighted by Crippen LogP contribution is -2.05. The lowest BCUT2D eigenvalue weighted by molar-refractivity contribution is 0.0693. The van der Waals surface area contributed by atoms with Gasteiger partial charge in [-0.25, -0.2) is 4.79 Å². The highest BCUT2D eigenvalue weighted by Crippen LogP contribution is 2.46. The second-order valence-corrected chi connectivity index (χ2v) is 4.09. The summed E-state index contributed by atoms with van der Waals surface area (Å²) in [7, 11) is 0. The minimum Gasteiger partial charge on any atom is -0.478 e. The number of fused-ring (bicyclic) bond motifs is 2. The van der Waals surface area contributed by atoms with Crippen molar-refractivity contribution in [2.24, 2.45) is 0 Å². The Bertz CT molecular complexity index is 646. The molecule has 0 atom stereocenters. The number of benzene rings is 2. The summed E-state index contributed by atoms with van der Waals surface area (Å²) >= 11 is 0. The van der Waals surface area contributed by atoms with E-state index in [0.29, 0.717) is 17.2 Å². The van der Waals surface area contributed by atoms with E-state index < -0.39 is 5.97 Å². The van der Waals surface area contributed by atoms with Crippen molar-refractivity contribution in [1.82, 2.24) is 0 Å². The molecule has 4 nitrogen and oxygen atoms in total. The average Bonchev–Trinajstić information content (AvgIpc) is 2.35. The number of carboxylic acids is 1. The van der Waals surface area contributed by atoms with Gasteiger partial charge in [0.25, 0.3) is 0 Å². The molecule has 1 N–H and O–H groups in total. The van der Waals surface area contributed by atoms with Gasteiger partial charge in [0.15, 0.2) is 23.0 Å². The standard InChI is InChI=1S/C14H10O4/c1-8-5-6-10-12(7-8)17-11-4-2-3-9(14(15)16)13(11)18-10/h2-7H,1H3,(H,15,16). The second kappa shape index (κ2) is 3.77. The van der Waals surface area contributed by atoms with Crippen LogP contribution in [0.25, 0.3) is 0 Å². The van der Waals surface area contributed by atoms with Gasteiger partial charge in [0.2, 0.25) is 0 Å². The molecule has 0 saturated carbocycles. The van der Waals surface area contributed by atoms with Crippen LogP contribution in [0.2, 0.25) is 0 Å². The molecule has 2 aromatic carbocycles. The molecule has 0 radical (unpaired) electrons. The van der Waals surface area contributed by atoms with Gasteiger partial charge in [0, 0.05) is 0 Å². The third-order valence-electron chi connectivity index (χ3n) is 2.74. The monoisotopic (exact) mass is 242 g/mol. The van der Waals surface area contributed by atoms with Crippen LogP contribution >= 0.6 is 0 Å². The number of carboxylic acid groups (broad SMARTS) is 1. The van der Waals surface area contributed by atoms with Crippen molar-refractivity contribution < 1.29 is 19.4 Å². The zero-order valence-corrected chi connectivity index (χ0v) is 9.64. The molecule has 0 amide bonds. The van der Waals surface area contributed by atoms with Crippen LogP contribution in [0, 0.1) is 6.92 Å². The molecule has 0 aliphatic carbocycles. The zero-order chi connectivity index (χ0) is 12.7. The van der Waals surface area contributed by atoms with Crippen molar-refractivity contribution in [2.45, 2.75) is 6.92 Å². The summed E-state index contributed by atoms with van der Waals surface area (Å²) in [4.78, 5) is 11.1. The van der Waals surface area contributed by atoms with E-state index in [4.69, 9.17) is 14.6 Å². The van der Waals surface area contributed by atoms with E-state index in [0.717, 1.165) is 5.56 Å². The van der Waals surface area contributed by atoms with E-state index in [1.807, 2.05) is 19.1 Å². The van der Waals surface area contributed by atoms with Gasteiger partial charge < -0.3 is 14.6 Å². The summed E-state index contributed by atoms with van der Waals surface area (Å²) in [5.41, 5.74) is 1.15. The van der Waals surface area contributed by atoms with E-state index in [9.17, 15) is 4.79 Å². The smallest absolute Gasteiger partial charge is 0.339 e. The number of aromatic carboxylic acids is 1. The Balaban J connectivity index is 2.13. The number of para-hydroxylation sites is 1. The van der Waals surface area contributed by atoms with Crippen molar-refractivity contribution in [2.75, 3.05) is 0 Å². The molecule has 0 bridgehead atoms. The quantitative estimate of drug-likeness (QED) is 0.708. The van der Waals surface area contributed by atoms with Gasteiger partial charge in [-0.1, -0.05) is 12.1 Å². The third-order valence-corrected chi connectivity index (χ3v) is 2.74. The second-order valence-electron chi connectivity index (χ2n) is 4.09. The minimum atomic E-state index is -1.04. The van der Waals surface area contributed by atoms with Crippen LogP contribution in [0.5, 0.6) is 23.0 Å². The Hall–Kier alpha value is -2.49. The number of rotatable bonds is 1. The van der Waals surface area contributed by atoms with E-state index in [-0.39, 0.29) is 11.3 Å². The summed E-state index contributed by atoms with van der Waals surface area (Å²) in [6, 6.07) is 10.3. The number of ether oxygens (including phenoxy) is 2. The highest BCUT2D eigenvalue weighted by atomic mass is 16.6. The van der Waals surface area contributed by atoms with Gasteiger partial charge in [0.05, 0.1) is 0 Å². The molecular formula is C14H10O4. The summed E-state index contributed by atoms with van der Waals surface area (Å²) in [6.45, 7) is 1.95. The largest absolute Gasteiger partial charge is 0.478 e. The number of aryl methyl sites for hydroxylation is 1. The average molecular weight is 242 g/mol. The van der Waals surface area contributed by atoms with Crippen LogP contribution in [0.4, 0.5) is 0 Å². The SMILES string of the molecule is Cc1ccc2c(c1)Oc1cccc(C(=O)O)c1O2. The lowest BCUT2D eigenvalue weighted by atomic mass is 10.1. The Labute approximate surface area is 103 Å². The predicted octanol–water partition coefficient (Wildman–Crippen LogP) is 3.59. The van der Waals surface area contributed by atoms with Crippen LogP contribution in [0.15, 0.2) is 36.4 Å². The minimum absolute atomic E-state index is 0.0960. The van der Waals surface area contributed by atoms with Gasteiger partial charge in [-0.15, -0.1) is 0 Å². The Morgan fingerprint density at radius 1 is 1.06 bits per heavy atom. The highest BCUT2D eigenvalue weighted by Gasteiger charge is 2.24. The molecular weight excluding hydrogens is 232 g/mol. The van der Waals surface area contributed by atoms with Crippen molar-refractivity contribution in [3.8, 4) is 23.0 Å². The number of carbonyl (C=O) groups is 1. The normalized spacial score (nSPS) is 11.8. The maximum absolute atomic E-state index is 11.1. The molecule has 4 heteroatoms. The van der Waals surface area contributed by atoms with Gasteiger partial charge in [-0.3, -0.25) is 0 Å². The molecule has 90 valence electrons. The van der Waals surface area contributed by atoms with Gasteiger partial charge in [-0.05, 0) is 36.8 Å². The van der Waals surface area contributed by atoms with E-state index >= 15 is 0 Å². The first kappa shape index (κ1) is 10.7. The highest BCUT2D eigenvalue weighted by molar-refractivity contribution is 5.92. The first-order valence-electron chi connectivity index (χ1n) is 5.48. The van der Waals surface area contributed by atoms with Crippen molar-refractivity contribution in [3.05, 3.63) is 47.5 Å². The van der Waals surface area contributed by atoms with Crippen molar-refractivity contribution >= 4 is 5.97 Å². The Morgan fingerprint density at radius 3 is 2.67 bits per heavy atom. The van der Waals surface area contributed by atoms with Crippen LogP contribution < -0.4 is 9.47 Å². The molecule has 0 fully saturated rings. The fourth-order valence-corrected chi connectivity index (χ4v) is 1.88. The molecule has 1 aliphatic heterocycles. The third kappa shape index (κ3) is 1.59. The lowest BCUT2D eigenvalue weighted by Gasteiger charge is -2.21. The van der Waals surface area contributed by atoms with E-state index in [1.165, 1.54) is 6.07 Å². The fraction of sp³-hybridized carbons (Fsp3) is 0.0714. The predicted molar refractivity (Wildman–Crippen MR) is 64.7 cm³/mol. The van der Waals surface area contributed by atoms with Crippen molar-refractivity contribution in [3.63, 3.8) is 0 Å². The molecule has 1 aliphatic rings. The van der Waals surface area contributed by atoms with Crippen LogP contribution in [-0.2, 0) is 0 Å². The summed E-state index contributed by atoms with van der Waals surface area (Å²) in [5, 5.41) is 9.10. The number of hydrogen-bond acceptors (Lipinski definition) is 3. The van der Waals surface area contributed by atoms with Gasteiger partial charge in [-0.2, -0.15) is 0 Å². The number of hydrogen-bond donors (Lipinski definition) is 1. The van der Waals surface area contributed by atoms with Gasteiger partial charge >= 0.3 is 5.97 Å². The first-order valence-corrected chi connectivity index (χ1v) is 5.48. The Kier molecular flexibility index (Phi) is 2.23. The van der Waals surface area contributed by atoms with E-state index in [1.54, 1.807) is 18.2 Å². The first-order chi connectivity index (χ1) is 8.65. The van der Waals surface area contributed by atoms with E-state index in [2.05, 4.69) is 0 Å². The maximum atomic E-state index is 11.1. The molecule has 0 saturated heterocycles. The molecule has 0 spiro atoms. The summed E-state index contributed by atoms with van der Waals surface area (Å²) in [6.07, 6.45) is 0. The topological polar surface area (TPSA) is 55.8 Å². The van der Waals surface area contributed by atoms with Gasteiger partial charge in [0.1, 0.15) is 5.56 Å². The fourth-order valence-electron chi connectivity index (χ4n) is 1.88. The molecule has 0 aromatic heterocycles. The zero-order valence-electron chi connectivity index (χ0n) is 9.64. The Morgan fingerprint density at radius 2 is 1.89 bits per heavy atom. The molecule has 3 rings (SSSR count). The molecule has 0 unspecified atom stereocenters. The summed E-state index contributed by atoms with van der Waals surface area (Å²) in [5.74, 6) is 0.771. The summed E-state index contributed by atoms with van der Waals surface area (Å²) < 4.78 is 11.3. The van der Waals surface area contributed by atoms with Crippen LogP contribution in [-0.4, -0.2) is 11.1 Å². The van der Waals surface area contributed by atoms with Crippen LogP contribution in [0.1, 0.15) is 15.9 Å². The molecule has 18 heavy (non-hydrogen) atoms. The molecule has 2 aromatic rings. The maximum Gasteiger partial charge on any atom is 0.339 e. The van der Waals surface area contributed by atoms with Crippen LogP contribution in [0.3, 0.4) is 0 Å². The van der Waals surface area contributed by atoms with Crippen molar-refractivity contribution in [1.29, 1.82) is 0 Å².